The number of aryl methyl sites for hydroxylation is 1. The van der Waals surface area contributed by atoms with E-state index in [2.05, 4.69) is 4.72 Å². The molecule has 0 saturated carbocycles. The van der Waals surface area contributed by atoms with Gasteiger partial charge in [-0.15, -0.1) is 0 Å². The van der Waals surface area contributed by atoms with Gasteiger partial charge in [0.25, 0.3) is 0 Å². The second-order valence-electron chi connectivity index (χ2n) is 4.88. The van der Waals surface area contributed by atoms with Crippen molar-refractivity contribution in [2.75, 3.05) is 20.8 Å². The lowest BCUT2D eigenvalue weighted by molar-refractivity contribution is -0.155. The second kappa shape index (κ2) is 6.51. The molecular formula is C13H19NO7S. The van der Waals surface area contributed by atoms with Gasteiger partial charge < -0.3 is 19.7 Å². The van der Waals surface area contributed by atoms with Crippen molar-refractivity contribution in [1.29, 1.82) is 0 Å². The first-order chi connectivity index (χ1) is 10.0. The summed E-state index contributed by atoms with van der Waals surface area (Å²) >= 11 is 0. The van der Waals surface area contributed by atoms with E-state index in [1.165, 1.54) is 26.4 Å². The minimum atomic E-state index is -4.02. The van der Waals surface area contributed by atoms with Gasteiger partial charge in [0.15, 0.2) is 17.1 Å². The Bertz CT molecular complexity index is 667. The molecule has 0 aliphatic heterocycles. The molecule has 0 aliphatic carbocycles. The number of methoxy groups -OCH3 is 2. The van der Waals surface area contributed by atoms with Crippen LogP contribution in [0.3, 0.4) is 0 Å². The van der Waals surface area contributed by atoms with Crippen LogP contribution in [0.5, 0.6) is 11.5 Å². The number of nitrogens with one attached hydrogen (secondary N) is 1. The topological polar surface area (TPSA) is 122 Å². The van der Waals surface area contributed by atoms with Gasteiger partial charge in [-0.1, -0.05) is 0 Å². The molecule has 0 heterocycles. The van der Waals surface area contributed by atoms with Gasteiger partial charge >= 0.3 is 5.97 Å². The largest absolute Gasteiger partial charge is 0.493 e. The number of aliphatic hydroxyl groups is 1. The third kappa shape index (κ3) is 3.87. The van der Waals surface area contributed by atoms with Gasteiger partial charge in [-0.05, 0) is 25.5 Å². The number of rotatable bonds is 7. The van der Waals surface area contributed by atoms with Crippen LogP contribution >= 0.6 is 0 Å². The Morgan fingerprint density at radius 1 is 1.27 bits per heavy atom. The number of aliphatic carboxylic acids is 1. The summed E-state index contributed by atoms with van der Waals surface area (Å²) in [6.45, 7) is 1.89. The fourth-order valence-electron chi connectivity index (χ4n) is 1.64. The van der Waals surface area contributed by atoms with E-state index in [1.54, 1.807) is 6.92 Å². The number of hydrogen-bond acceptors (Lipinski definition) is 6. The molecule has 9 heteroatoms. The molecule has 1 aromatic carbocycles. The zero-order valence-corrected chi connectivity index (χ0v) is 13.5. The highest BCUT2D eigenvalue weighted by Crippen LogP contribution is 2.32. The Morgan fingerprint density at radius 2 is 1.77 bits per heavy atom. The number of benzene rings is 1. The highest BCUT2D eigenvalue weighted by molar-refractivity contribution is 7.89. The van der Waals surface area contributed by atoms with E-state index in [9.17, 15) is 18.3 Å². The predicted octanol–water partition coefficient (Wildman–Crippen LogP) is 0.126. The van der Waals surface area contributed by atoms with Gasteiger partial charge in [-0.25, -0.2) is 17.9 Å². The van der Waals surface area contributed by atoms with Gasteiger partial charge in [-0.3, -0.25) is 0 Å². The minimum Gasteiger partial charge on any atom is -0.493 e. The molecule has 0 spiro atoms. The van der Waals surface area contributed by atoms with Gasteiger partial charge in [0.05, 0.1) is 25.7 Å². The molecule has 8 nitrogen and oxygen atoms in total. The van der Waals surface area contributed by atoms with Crippen LogP contribution in [0.2, 0.25) is 0 Å². The summed E-state index contributed by atoms with van der Waals surface area (Å²) in [5.41, 5.74) is -1.82. The van der Waals surface area contributed by atoms with Crippen LogP contribution in [-0.4, -0.2) is 51.0 Å². The fraction of sp³-hybridized carbons (Fsp3) is 0.462. The van der Waals surface area contributed by atoms with Crippen molar-refractivity contribution >= 4 is 16.0 Å². The Hall–Kier alpha value is -1.84. The highest BCUT2D eigenvalue weighted by Gasteiger charge is 2.32. The van der Waals surface area contributed by atoms with Crippen molar-refractivity contribution < 1.29 is 32.9 Å². The molecule has 0 radical (unpaired) electrons. The Kier molecular flexibility index (Phi) is 5.39. The molecule has 0 aliphatic rings. The van der Waals surface area contributed by atoms with Crippen LogP contribution in [-0.2, 0) is 14.8 Å². The molecule has 0 fully saturated rings. The number of carboxylic acid groups (broad SMARTS) is 1. The maximum absolute atomic E-state index is 12.3. The molecule has 1 aromatic rings. The summed E-state index contributed by atoms with van der Waals surface area (Å²) in [6.07, 6.45) is 0. The van der Waals surface area contributed by atoms with Crippen LogP contribution < -0.4 is 14.2 Å². The first-order valence-electron chi connectivity index (χ1n) is 6.23. The van der Waals surface area contributed by atoms with Crippen molar-refractivity contribution in [3.8, 4) is 11.5 Å². The van der Waals surface area contributed by atoms with E-state index >= 15 is 0 Å². The number of sulfonamides is 1. The molecule has 0 amide bonds. The molecule has 124 valence electrons. The highest BCUT2D eigenvalue weighted by atomic mass is 32.2. The summed E-state index contributed by atoms with van der Waals surface area (Å²) in [6, 6.07) is 2.76. The summed E-state index contributed by atoms with van der Waals surface area (Å²) in [4.78, 5) is 10.7. The average molecular weight is 333 g/mol. The smallest absolute Gasteiger partial charge is 0.336 e. The lowest BCUT2D eigenvalue weighted by Gasteiger charge is -2.19. The summed E-state index contributed by atoms with van der Waals surface area (Å²) < 4.78 is 36.8. The monoisotopic (exact) mass is 333 g/mol. The second-order valence-corrected chi connectivity index (χ2v) is 6.61. The van der Waals surface area contributed by atoms with Crippen LogP contribution in [0.1, 0.15) is 12.5 Å². The number of hydrogen-bond donors (Lipinski definition) is 3. The molecule has 1 unspecified atom stereocenters. The molecule has 0 aromatic heterocycles. The maximum Gasteiger partial charge on any atom is 0.336 e. The standard InChI is InChI=1S/C13H19NO7S/c1-8-5-9(20-3)10(21-4)6-11(8)22(18,19)14-7-13(2,17)12(15)16/h5-6,14,17H,7H2,1-4H3,(H,15,16). The van der Waals surface area contributed by atoms with E-state index in [0.717, 1.165) is 6.92 Å². The lowest BCUT2D eigenvalue weighted by atomic mass is 10.1. The van der Waals surface area contributed by atoms with Gasteiger partial charge in [0.2, 0.25) is 10.0 Å². The summed E-state index contributed by atoms with van der Waals surface area (Å²) in [5, 5.41) is 18.4. The summed E-state index contributed by atoms with van der Waals surface area (Å²) in [5.74, 6) is -0.936. The Labute approximate surface area is 128 Å². The Balaban J connectivity index is 3.16. The molecule has 0 saturated heterocycles. The van der Waals surface area contributed by atoms with Crippen molar-refractivity contribution in [2.24, 2.45) is 0 Å². The Morgan fingerprint density at radius 3 is 2.23 bits per heavy atom. The number of carbonyl (C=O) groups is 1. The van der Waals surface area contributed by atoms with Gasteiger partial charge in [0.1, 0.15) is 0 Å². The van der Waals surface area contributed by atoms with E-state index in [-0.39, 0.29) is 10.6 Å². The third-order valence-corrected chi connectivity index (χ3v) is 4.58. The number of carboxylic acids is 1. The molecule has 22 heavy (non-hydrogen) atoms. The van der Waals surface area contributed by atoms with Crippen molar-refractivity contribution in [1.82, 2.24) is 4.72 Å². The first-order valence-corrected chi connectivity index (χ1v) is 7.71. The third-order valence-electron chi connectivity index (χ3n) is 3.04. The fourth-order valence-corrected chi connectivity index (χ4v) is 3.01. The average Bonchev–Trinajstić information content (AvgIpc) is 2.44. The minimum absolute atomic E-state index is 0.0914. The zero-order valence-electron chi connectivity index (χ0n) is 12.7. The van der Waals surface area contributed by atoms with Crippen molar-refractivity contribution in [3.63, 3.8) is 0 Å². The maximum atomic E-state index is 12.3. The van der Waals surface area contributed by atoms with Crippen molar-refractivity contribution in [2.45, 2.75) is 24.3 Å². The summed E-state index contributed by atoms with van der Waals surface area (Å²) in [7, 11) is -1.23. The van der Waals surface area contributed by atoms with E-state index < -0.39 is 28.1 Å². The molecule has 0 bridgehead atoms. The van der Waals surface area contributed by atoms with E-state index in [0.29, 0.717) is 11.3 Å². The first kappa shape index (κ1) is 18.2. The van der Waals surface area contributed by atoms with Crippen LogP contribution in [0.4, 0.5) is 0 Å². The van der Waals surface area contributed by atoms with Crippen molar-refractivity contribution in [3.05, 3.63) is 17.7 Å². The SMILES string of the molecule is COc1cc(C)c(S(=O)(=O)NCC(C)(O)C(=O)O)cc1OC. The normalized spacial score (nSPS) is 14.2. The zero-order chi connectivity index (χ0) is 17.1. The van der Waals surface area contributed by atoms with Gasteiger partial charge in [0, 0.05) is 6.07 Å². The lowest BCUT2D eigenvalue weighted by Crippen LogP contribution is -2.46. The van der Waals surface area contributed by atoms with Crippen LogP contribution in [0.15, 0.2) is 17.0 Å². The van der Waals surface area contributed by atoms with Crippen LogP contribution in [0, 0.1) is 6.92 Å². The number of ether oxygens (including phenoxy) is 2. The van der Waals surface area contributed by atoms with E-state index in [1.807, 2.05) is 0 Å². The molecule has 3 N–H and O–H groups in total. The van der Waals surface area contributed by atoms with Gasteiger partial charge in [-0.2, -0.15) is 0 Å². The molecule has 1 atom stereocenters. The van der Waals surface area contributed by atoms with Crippen LogP contribution in [0.25, 0.3) is 0 Å². The quantitative estimate of drug-likeness (QED) is 0.648. The predicted molar refractivity (Wildman–Crippen MR) is 77.7 cm³/mol. The van der Waals surface area contributed by atoms with E-state index in [4.69, 9.17) is 14.6 Å². The molecular weight excluding hydrogens is 314 g/mol. The molecule has 1 rings (SSSR count).